The topological polar surface area (TPSA) is 97.0 Å². The Labute approximate surface area is 165 Å². The van der Waals surface area contributed by atoms with Crippen LogP contribution >= 0.6 is 0 Å². The minimum absolute atomic E-state index is 0.290. The van der Waals surface area contributed by atoms with Gasteiger partial charge in [-0.2, -0.15) is 0 Å². The van der Waals surface area contributed by atoms with Crippen molar-refractivity contribution in [2.45, 2.75) is 65.3 Å². The third-order valence-corrected chi connectivity index (χ3v) is 4.32. The Morgan fingerprint density at radius 2 is 1.96 bits per heavy atom. The molecule has 0 aromatic heterocycles. The quantitative estimate of drug-likeness (QED) is 0.822. The fourth-order valence-electron chi connectivity index (χ4n) is 2.84. The van der Waals surface area contributed by atoms with E-state index in [9.17, 15) is 14.4 Å². The molecular formula is C20H29N3O5. The van der Waals surface area contributed by atoms with Crippen molar-refractivity contribution in [3.63, 3.8) is 0 Å². The van der Waals surface area contributed by atoms with Gasteiger partial charge in [0.25, 0.3) is 5.91 Å². The number of anilines is 1. The second-order valence-corrected chi connectivity index (χ2v) is 7.74. The number of carbonyl (C=O) groups excluding carboxylic acids is 3. The van der Waals surface area contributed by atoms with Gasteiger partial charge in [0.1, 0.15) is 29.5 Å². The fourth-order valence-corrected chi connectivity index (χ4v) is 2.84. The molecule has 3 amide bonds. The summed E-state index contributed by atoms with van der Waals surface area (Å²) in [5.41, 5.74) is -0.121. The van der Waals surface area contributed by atoms with Crippen molar-refractivity contribution in [1.29, 1.82) is 0 Å². The highest BCUT2D eigenvalue weighted by molar-refractivity contribution is 6.00. The lowest BCUT2D eigenvalue weighted by molar-refractivity contribution is -0.131. The van der Waals surface area contributed by atoms with Gasteiger partial charge in [-0.05, 0) is 53.7 Å². The molecule has 0 aliphatic carbocycles. The maximum absolute atomic E-state index is 12.8. The van der Waals surface area contributed by atoms with Gasteiger partial charge in [0, 0.05) is 6.54 Å². The summed E-state index contributed by atoms with van der Waals surface area (Å²) in [6, 6.07) is 5.35. The molecule has 1 aromatic carbocycles. The molecule has 0 saturated heterocycles. The zero-order valence-corrected chi connectivity index (χ0v) is 17.2. The molecule has 1 aliphatic heterocycles. The number of likely N-dealkylation sites (N-methyl/N-ethyl adjacent to an activating group) is 1. The van der Waals surface area contributed by atoms with E-state index in [1.807, 2.05) is 0 Å². The summed E-state index contributed by atoms with van der Waals surface area (Å²) >= 11 is 0. The summed E-state index contributed by atoms with van der Waals surface area (Å²) in [4.78, 5) is 39.1. The lowest BCUT2D eigenvalue weighted by atomic mass is 10.1. The van der Waals surface area contributed by atoms with Crippen LogP contribution in [0.25, 0.3) is 0 Å². The Morgan fingerprint density at radius 3 is 2.57 bits per heavy atom. The van der Waals surface area contributed by atoms with Crippen molar-refractivity contribution < 1.29 is 23.9 Å². The Morgan fingerprint density at radius 1 is 1.32 bits per heavy atom. The molecule has 0 saturated carbocycles. The van der Waals surface area contributed by atoms with E-state index in [1.54, 1.807) is 65.8 Å². The first-order valence-corrected chi connectivity index (χ1v) is 9.40. The lowest BCUT2D eigenvalue weighted by Crippen LogP contribution is -2.56. The summed E-state index contributed by atoms with van der Waals surface area (Å²) < 4.78 is 11.2. The maximum atomic E-state index is 12.8. The largest absolute Gasteiger partial charge is 0.486 e. The van der Waals surface area contributed by atoms with Crippen LogP contribution in [0.1, 0.15) is 41.5 Å². The molecule has 28 heavy (non-hydrogen) atoms. The highest BCUT2D eigenvalue weighted by Crippen LogP contribution is 2.28. The molecule has 1 heterocycles. The number of nitrogens with one attached hydrogen (secondary N) is 2. The predicted molar refractivity (Wildman–Crippen MR) is 105 cm³/mol. The number of fused-ring (bicyclic) bond motifs is 1. The van der Waals surface area contributed by atoms with Crippen molar-refractivity contribution in [3.05, 3.63) is 24.3 Å². The number of para-hydroxylation sites is 2. The van der Waals surface area contributed by atoms with Gasteiger partial charge >= 0.3 is 6.09 Å². The van der Waals surface area contributed by atoms with E-state index in [0.717, 1.165) is 0 Å². The van der Waals surface area contributed by atoms with Crippen molar-refractivity contribution in [3.8, 4) is 5.75 Å². The van der Waals surface area contributed by atoms with Crippen LogP contribution in [-0.4, -0.2) is 53.1 Å². The summed E-state index contributed by atoms with van der Waals surface area (Å²) in [5.74, 6) is -0.301. The van der Waals surface area contributed by atoms with Crippen LogP contribution in [0, 0.1) is 0 Å². The fraction of sp³-hybridized carbons (Fsp3) is 0.550. The second kappa shape index (κ2) is 8.50. The molecule has 154 valence electrons. The van der Waals surface area contributed by atoms with Crippen LogP contribution in [0.15, 0.2) is 24.3 Å². The smallest absolute Gasteiger partial charge is 0.410 e. The molecule has 8 nitrogen and oxygen atoms in total. The Balaban J connectivity index is 2.10. The van der Waals surface area contributed by atoms with Crippen molar-refractivity contribution >= 4 is 23.6 Å². The monoisotopic (exact) mass is 391 g/mol. The van der Waals surface area contributed by atoms with Gasteiger partial charge in [-0.15, -0.1) is 0 Å². The van der Waals surface area contributed by atoms with Gasteiger partial charge in [-0.3, -0.25) is 14.5 Å². The number of hydrogen-bond acceptors (Lipinski definition) is 5. The van der Waals surface area contributed by atoms with Gasteiger partial charge in [-0.1, -0.05) is 12.1 Å². The van der Waals surface area contributed by atoms with E-state index in [2.05, 4.69) is 10.6 Å². The molecule has 0 spiro atoms. The molecule has 0 fully saturated rings. The van der Waals surface area contributed by atoms with Crippen molar-refractivity contribution in [1.82, 2.24) is 10.2 Å². The average molecular weight is 391 g/mol. The molecule has 3 unspecified atom stereocenters. The van der Waals surface area contributed by atoms with E-state index in [1.165, 1.54) is 4.90 Å². The van der Waals surface area contributed by atoms with Crippen molar-refractivity contribution in [2.75, 3.05) is 11.9 Å². The number of ether oxygens (including phenoxy) is 2. The second-order valence-electron chi connectivity index (χ2n) is 7.74. The van der Waals surface area contributed by atoms with Gasteiger partial charge in [-0.25, -0.2) is 4.79 Å². The van der Waals surface area contributed by atoms with E-state index in [-0.39, 0.29) is 12.5 Å². The number of rotatable bonds is 4. The van der Waals surface area contributed by atoms with E-state index >= 15 is 0 Å². The Bertz CT molecular complexity index is 744. The van der Waals surface area contributed by atoms with Gasteiger partial charge < -0.3 is 20.1 Å². The van der Waals surface area contributed by atoms with Crippen LogP contribution in [0.3, 0.4) is 0 Å². The van der Waals surface area contributed by atoms with Crippen LogP contribution in [0.4, 0.5) is 10.5 Å². The maximum Gasteiger partial charge on any atom is 0.410 e. The summed E-state index contributed by atoms with van der Waals surface area (Å²) in [5, 5.41) is 5.46. The van der Waals surface area contributed by atoms with Crippen LogP contribution in [0.5, 0.6) is 5.75 Å². The normalized spacial score (nSPS) is 20.0. The SMILES string of the molecule is CCN(C(=O)OC(C)(C)C)C(C)C(=O)NC1C(=O)Nc2ccccc2OC1C. The zero-order chi connectivity index (χ0) is 21.1. The van der Waals surface area contributed by atoms with E-state index < -0.39 is 35.8 Å². The first-order chi connectivity index (χ1) is 13.0. The van der Waals surface area contributed by atoms with E-state index in [0.29, 0.717) is 11.4 Å². The molecule has 0 bridgehead atoms. The molecule has 1 aliphatic rings. The van der Waals surface area contributed by atoms with Crippen LogP contribution in [-0.2, 0) is 14.3 Å². The molecular weight excluding hydrogens is 362 g/mol. The molecule has 1 aromatic rings. The molecule has 2 rings (SSSR count). The number of carbonyl (C=O) groups is 3. The summed E-state index contributed by atoms with van der Waals surface area (Å²) in [7, 11) is 0. The minimum atomic E-state index is -0.903. The average Bonchev–Trinajstić information content (AvgIpc) is 2.70. The predicted octanol–water partition coefficient (Wildman–Crippen LogP) is 2.54. The first kappa shape index (κ1) is 21.5. The number of benzene rings is 1. The van der Waals surface area contributed by atoms with Crippen molar-refractivity contribution in [2.24, 2.45) is 0 Å². The highest BCUT2D eigenvalue weighted by Gasteiger charge is 2.35. The summed E-state index contributed by atoms with van der Waals surface area (Å²) in [6.07, 6.45) is -1.17. The number of amides is 3. The first-order valence-electron chi connectivity index (χ1n) is 9.40. The minimum Gasteiger partial charge on any atom is -0.486 e. The standard InChI is InChI=1S/C20H29N3O5/c1-7-23(19(26)28-20(4,5)6)12(2)17(24)22-16-13(3)27-15-11-9-8-10-14(15)21-18(16)25/h8-13,16H,7H2,1-6H3,(H,21,25)(H,22,24). The Hall–Kier alpha value is -2.77. The van der Waals surface area contributed by atoms with Gasteiger partial charge in [0.15, 0.2) is 0 Å². The Kier molecular flexibility index (Phi) is 6.53. The summed E-state index contributed by atoms with van der Waals surface area (Å²) in [6.45, 7) is 10.6. The van der Waals surface area contributed by atoms with Crippen LogP contribution in [0.2, 0.25) is 0 Å². The van der Waals surface area contributed by atoms with Crippen LogP contribution < -0.4 is 15.4 Å². The number of hydrogen-bond donors (Lipinski definition) is 2. The zero-order valence-electron chi connectivity index (χ0n) is 17.2. The highest BCUT2D eigenvalue weighted by atomic mass is 16.6. The van der Waals surface area contributed by atoms with E-state index in [4.69, 9.17) is 9.47 Å². The van der Waals surface area contributed by atoms with Gasteiger partial charge in [0.2, 0.25) is 5.91 Å². The molecule has 3 atom stereocenters. The third kappa shape index (κ3) is 5.15. The molecule has 0 radical (unpaired) electrons. The lowest BCUT2D eigenvalue weighted by Gasteiger charge is -2.31. The number of nitrogens with zero attached hydrogens (tertiary/aromatic N) is 1. The third-order valence-electron chi connectivity index (χ3n) is 4.32. The molecule has 2 N–H and O–H groups in total. The van der Waals surface area contributed by atoms with Gasteiger partial charge in [0.05, 0.1) is 5.69 Å². The molecule has 8 heteroatoms.